The van der Waals surface area contributed by atoms with Crippen molar-refractivity contribution in [1.29, 1.82) is 0 Å². The molecule has 47 heavy (non-hydrogen) atoms. The third-order valence-corrected chi connectivity index (χ3v) is 10.2. The van der Waals surface area contributed by atoms with Crippen molar-refractivity contribution >= 4 is 29.6 Å². The molecule has 3 unspecified atom stereocenters. The van der Waals surface area contributed by atoms with E-state index in [0.717, 1.165) is 38.6 Å². The number of ether oxygens (including phenoxy) is 1. The van der Waals surface area contributed by atoms with Gasteiger partial charge in [-0.15, -0.1) is 0 Å². The van der Waals surface area contributed by atoms with Crippen molar-refractivity contribution in [2.45, 2.75) is 143 Å². The number of hydrogen-bond donors (Lipinski definition) is 1. The van der Waals surface area contributed by atoms with Crippen LogP contribution >= 0.6 is 0 Å². The average molecular weight is 660 g/mol. The van der Waals surface area contributed by atoms with Gasteiger partial charge in [0.2, 0.25) is 23.6 Å². The van der Waals surface area contributed by atoms with Crippen LogP contribution in [0.3, 0.4) is 0 Å². The zero-order chi connectivity index (χ0) is 35.2. The lowest BCUT2D eigenvalue weighted by molar-refractivity contribution is -0.157. The third-order valence-electron chi connectivity index (χ3n) is 10.2. The number of methoxy groups -OCH3 is 1. The van der Waals surface area contributed by atoms with E-state index in [9.17, 15) is 24.0 Å². The average Bonchev–Trinajstić information content (AvgIpc) is 3.53. The van der Waals surface area contributed by atoms with E-state index in [4.69, 9.17) is 4.74 Å². The van der Waals surface area contributed by atoms with Crippen molar-refractivity contribution < 1.29 is 28.7 Å². The molecule has 11 nitrogen and oxygen atoms in total. The monoisotopic (exact) mass is 659 g/mol. The summed E-state index contributed by atoms with van der Waals surface area (Å²) in [7, 11) is 3.07. The Labute approximate surface area is 282 Å². The van der Waals surface area contributed by atoms with Crippen LogP contribution in [0.15, 0.2) is 11.6 Å². The molecule has 3 rings (SSSR count). The highest BCUT2D eigenvalue weighted by Crippen LogP contribution is 2.28. The number of nitrogens with zero attached hydrogens (tertiary/aromatic N) is 4. The third kappa shape index (κ3) is 9.15. The van der Waals surface area contributed by atoms with Crippen LogP contribution in [-0.4, -0.2) is 119 Å². The van der Waals surface area contributed by atoms with Crippen LogP contribution in [0.4, 0.5) is 0 Å². The van der Waals surface area contributed by atoms with Gasteiger partial charge in [-0.3, -0.25) is 24.1 Å². The molecule has 0 spiro atoms. The Kier molecular flexibility index (Phi) is 13.5. The molecule has 0 saturated carbocycles. The number of likely N-dealkylation sites (tertiary alicyclic amines) is 3. The summed E-state index contributed by atoms with van der Waals surface area (Å²) in [6.45, 7) is 17.6. The number of likely N-dealkylation sites (N-methyl/N-ethyl adjacent to an activating group) is 1. The minimum atomic E-state index is -0.755. The van der Waals surface area contributed by atoms with Gasteiger partial charge in [-0.2, -0.15) is 0 Å². The van der Waals surface area contributed by atoms with Crippen molar-refractivity contribution in [1.82, 2.24) is 24.9 Å². The van der Waals surface area contributed by atoms with Gasteiger partial charge in [0.05, 0.1) is 19.2 Å². The van der Waals surface area contributed by atoms with Gasteiger partial charge in [-0.1, -0.05) is 47.1 Å². The summed E-state index contributed by atoms with van der Waals surface area (Å²) in [5.74, 6) is -1.21. The molecule has 266 valence electrons. The van der Waals surface area contributed by atoms with E-state index in [2.05, 4.69) is 24.1 Å². The number of rotatable bonds is 10. The van der Waals surface area contributed by atoms with E-state index in [-0.39, 0.29) is 41.6 Å². The Morgan fingerprint density at radius 1 is 0.830 bits per heavy atom. The number of carbonyl (C=O) groups is 5. The van der Waals surface area contributed by atoms with E-state index in [1.165, 1.54) is 7.11 Å². The number of piperidine rings is 2. The minimum absolute atomic E-state index is 0.0250. The maximum atomic E-state index is 14.2. The Morgan fingerprint density at radius 2 is 1.40 bits per heavy atom. The van der Waals surface area contributed by atoms with E-state index in [1.807, 2.05) is 40.7 Å². The molecular formula is C36H61N5O6. The molecule has 0 bridgehead atoms. The molecule has 3 fully saturated rings. The minimum Gasteiger partial charge on any atom is -0.467 e. The fourth-order valence-electron chi connectivity index (χ4n) is 7.43. The van der Waals surface area contributed by atoms with Crippen LogP contribution in [0, 0.1) is 11.3 Å². The highest BCUT2D eigenvalue weighted by molar-refractivity contribution is 5.98. The SMILES string of the molecule is COC(=O)[C@@H]1CCCCN1C(=O)C1CCCN1C(=O)/C(C)=C/C(C(C)C)N(C)C(=O)C(NC(=O)[C@H]1CCCCN1C(C)C)C(C)(C)C. The summed E-state index contributed by atoms with van der Waals surface area (Å²) in [5, 5.41) is 3.13. The van der Waals surface area contributed by atoms with Crippen LogP contribution in [0.2, 0.25) is 0 Å². The normalized spacial score (nSPS) is 24.3. The van der Waals surface area contributed by atoms with Crippen LogP contribution < -0.4 is 5.32 Å². The second-order valence-electron chi connectivity index (χ2n) is 15.4. The molecule has 3 heterocycles. The number of carbonyl (C=O) groups excluding carboxylic acids is 5. The second kappa shape index (κ2) is 16.4. The van der Waals surface area contributed by atoms with E-state index in [1.54, 1.807) is 28.7 Å². The molecule has 0 aromatic rings. The topological polar surface area (TPSA) is 120 Å². The molecule has 11 heteroatoms. The summed E-state index contributed by atoms with van der Waals surface area (Å²) in [4.78, 5) is 75.0. The number of amides is 4. The maximum Gasteiger partial charge on any atom is 0.328 e. The summed E-state index contributed by atoms with van der Waals surface area (Å²) < 4.78 is 4.98. The van der Waals surface area contributed by atoms with Crippen molar-refractivity contribution in [2.24, 2.45) is 11.3 Å². The van der Waals surface area contributed by atoms with Gasteiger partial charge in [-0.05, 0) is 83.6 Å². The quantitative estimate of drug-likeness (QED) is 0.280. The molecule has 0 aromatic carbocycles. The number of esters is 1. The van der Waals surface area contributed by atoms with E-state index >= 15 is 0 Å². The van der Waals surface area contributed by atoms with Crippen LogP contribution in [0.25, 0.3) is 0 Å². The van der Waals surface area contributed by atoms with Crippen molar-refractivity contribution in [3.05, 3.63) is 11.6 Å². The number of hydrogen-bond acceptors (Lipinski definition) is 7. The van der Waals surface area contributed by atoms with Crippen LogP contribution in [0.1, 0.15) is 107 Å². The predicted octanol–water partition coefficient (Wildman–Crippen LogP) is 3.75. The van der Waals surface area contributed by atoms with Gasteiger partial charge in [0.25, 0.3) is 0 Å². The van der Waals surface area contributed by atoms with Crippen LogP contribution in [0.5, 0.6) is 0 Å². The molecule has 3 saturated heterocycles. The largest absolute Gasteiger partial charge is 0.467 e. The summed E-state index contributed by atoms with van der Waals surface area (Å²) in [6, 6.07) is -2.47. The maximum absolute atomic E-state index is 14.2. The lowest BCUT2D eigenvalue weighted by Gasteiger charge is -2.41. The molecule has 3 aliphatic heterocycles. The first-order valence-electron chi connectivity index (χ1n) is 17.7. The van der Waals surface area contributed by atoms with E-state index in [0.29, 0.717) is 37.9 Å². The molecule has 0 radical (unpaired) electrons. The highest BCUT2D eigenvalue weighted by atomic mass is 16.5. The summed E-state index contributed by atoms with van der Waals surface area (Å²) in [6.07, 6.45) is 8.08. The molecule has 3 aliphatic rings. The van der Waals surface area contributed by atoms with Gasteiger partial charge in [0, 0.05) is 31.8 Å². The molecular weight excluding hydrogens is 598 g/mol. The molecule has 5 atom stereocenters. The van der Waals surface area contributed by atoms with Gasteiger partial charge in [0.1, 0.15) is 18.1 Å². The first-order chi connectivity index (χ1) is 22.0. The fraction of sp³-hybridized carbons (Fsp3) is 0.806. The highest BCUT2D eigenvalue weighted by Gasteiger charge is 2.43. The van der Waals surface area contributed by atoms with Crippen molar-refractivity contribution in [3.63, 3.8) is 0 Å². The van der Waals surface area contributed by atoms with Gasteiger partial charge in [0.15, 0.2) is 0 Å². The van der Waals surface area contributed by atoms with E-state index < -0.39 is 35.6 Å². The fourth-order valence-corrected chi connectivity index (χ4v) is 7.43. The number of nitrogens with one attached hydrogen (secondary N) is 1. The van der Waals surface area contributed by atoms with Gasteiger partial charge in [-0.25, -0.2) is 4.79 Å². The predicted molar refractivity (Wildman–Crippen MR) is 182 cm³/mol. The lowest BCUT2D eigenvalue weighted by Crippen LogP contribution is -2.60. The Hall–Kier alpha value is -2.95. The summed E-state index contributed by atoms with van der Waals surface area (Å²) >= 11 is 0. The lowest BCUT2D eigenvalue weighted by atomic mass is 9.84. The molecule has 1 N–H and O–H groups in total. The molecule has 4 amide bonds. The Balaban J connectivity index is 1.80. The van der Waals surface area contributed by atoms with Crippen LogP contribution in [-0.2, 0) is 28.7 Å². The molecule has 0 aliphatic carbocycles. The van der Waals surface area contributed by atoms with Gasteiger partial charge < -0.3 is 24.8 Å². The van der Waals surface area contributed by atoms with Gasteiger partial charge >= 0.3 is 5.97 Å². The smallest absolute Gasteiger partial charge is 0.328 e. The summed E-state index contributed by atoms with van der Waals surface area (Å²) in [5.41, 5.74) is -0.0917. The zero-order valence-electron chi connectivity index (χ0n) is 30.6. The first kappa shape index (κ1) is 38.5. The van der Waals surface area contributed by atoms with Crippen molar-refractivity contribution in [3.8, 4) is 0 Å². The molecule has 0 aromatic heterocycles. The Morgan fingerprint density at radius 3 is 1.98 bits per heavy atom. The van der Waals surface area contributed by atoms with Crippen molar-refractivity contribution in [2.75, 3.05) is 33.8 Å². The first-order valence-corrected chi connectivity index (χ1v) is 17.7. The Bertz CT molecular complexity index is 1180. The standard InChI is InChI=1S/C36H61N5O6/c1-23(2)29(38(9)34(45)30(36(6,7)8)37-31(42)26-16-11-13-19-39(26)24(3)4)22-25(5)32(43)40-21-15-18-27(40)33(44)41-20-14-12-17-28(41)35(46)47-10/h22-24,26-30H,11-21H2,1-10H3,(H,37,42)/b25-22+/t26-,27?,28+,29?,30?/m1/s1. The second-order valence-corrected chi connectivity index (χ2v) is 15.4. The zero-order valence-corrected chi connectivity index (χ0v) is 30.6.